The summed E-state index contributed by atoms with van der Waals surface area (Å²) in [6.45, 7) is 3.82. The van der Waals surface area contributed by atoms with E-state index >= 15 is 0 Å². The fourth-order valence-electron chi connectivity index (χ4n) is 2.47. The summed E-state index contributed by atoms with van der Waals surface area (Å²) in [5, 5.41) is 5.45. The van der Waals surface area contributed by atoms with Crippen molar-refractivity contribution in [1.82, 2.24) is 0 Å². The fourth-order valence-corrected chi connectivity index (χ4v) is 3.73. The van der Waals surface area contributed by atoms with E-state index in [1.807, 2.05) is 13.8 Å². The van der Waals surface area contributed by atoms with E-state index in [9.17, 15) is 18.0 Å². The Hall–Kier alpha value is -2.67. The lowest BCUT2D eigenvalue weighted by atomic mass is 10.3. The minimum Gasteiger partial charge on any atom is -0.326 e. The molecule has 0 spiro atoms. The number of carbonyl (C=O) groups is 2. The van der Waals surface area contributed by atoms with Crippen LogP contribution < -0.4 is 10.6 Å². The Balaban J connectivity index is 2.13. The van der Waals surface area contributed by atoms with Gasteiger partial charge in [0.15, 0.2) is 0 Å². The number of nitrogens with one attached hydrogen (secondary N) is 2. The van der Waals surface area contributed by atoms with Gasteiger partial charge in [-0.05, 0) is 61.4 Å². The monoisotopic (exact) mass is 388 g/mol. The quantitative estimate of drug-likeness (QED) is 0.715. The summed E-state index contributed by atoms with van der Waals surface area (Å²) < 4.78 is 25.5. The van der Waals surface area contributed by atoms with Gasteiger partial charge < -0.3 is 10.6 Å². The van der Waals surface area contributed by atoms with Crippen molar-refractivity contribution in [3.05, 3.63) is 48.5 Å². The van der Waals surface area contributed by atoms with Gasteiger partial charge in [0.25, 0.3) is 0 Å². The van der Waals surface area contributed by atoms with Gasteiger partial charge in [-0.1, -0.05) is 13.8 Å². The van der Waals surface area contributed by atoms with Crippen molar-refractivity contribution in [2.24, 2.45) is 0 Å². The van der Waals surface area contributed by atoms with E-state index in [2.05, 4.69) is 10.6 Å². The van der Waals surface area contributed by atoms with Crippen molar-refractivity contribution < 1.29 is 18.0 Å². The van der Waals surface area contributed by atoms with Crippen LogP contribution >= 0.6 is 0 Å². The smallest absolute Gasteiger partial charge is 0.224 e. The number of carbonyl (C=O) groups excluding carboxylic acids is 2. The lowest BCUT2D eigenvalue weighted by Crippen LogP contribution is -2.11. The van der Waals surface area contributed by atoms with Crippen molar-refractivity contribution in [2.75, 3.05) is 10.6 Å². The van der Waals surface area contributed by atoms with E-state index in [1.165, 1.54) is 24.3 Å². The van der Waals surface area contributed by atoms with Crippen molar-refractivity contribution in [3.63, 3.8) is 0 Å². The first-order chi connectivity index (χ1) is 12.9. The normalized spacial score (nSPS) is 11.0. The maximum Gasteiger partial charge on any atom is 0.224 e. The number of hydrogen-bond donors (Lipinski definition) is 2. The molecular formula is C20H24N2O4S. The van der Waals surface area contributed by atoms with Crippen molar-refractivity contribution >= 4 is 33.0 Å². The summed E-state index contributed by atoms with van der Waals surface area (Å²) in [7, 11) is -3.68. The number of benzene rings is 2. The van der Waals surface area contributed by atoms with Gasteiger partial charge in [0.05, 0.1) is 9.79 Å². The molecule has 2 N–H and O–H groups in total. The average Bonchev–Trinajstić information content (AvgIpc) is 2.63. The summed E-state index contributed by atoms with van der Waals surface area (Å²) in [6.07, 6.45) is 2.32. The molecule has 0 bridgehead atoms. The zero-order chi connectivity index (χ0) is 19.9. The van der Waals surface area contributed by atoms with E-state index in [0.717, 1.165) is 12.8 Å². The van der Waals surface area contributed by atoms with Crippen LogP contribution in [0, 0.1) is 0 Å². The minimum atomic E-state index is -3.68. The summed E-state index contributed by atoms with van der Waals surface area (Å²) in [4.78, 5) is 23.5. The lowest BCUT2D eigenvalue weighted by molar-refractivity contribution is -0.117. The van der Waals surface area contributed by atoms with Crippen LogP contribution in [-0.2, 0) is 19.4 Å². The van der Waals surface area contributed by atoms with Crippen LogP contribution in [0.4, 0.5) is 11.4 Å². The molecule has 2 aromatic carbocycles. The van der Waals surface area contributed by atoms with Crippen LogP contribution in [0.1, 0.15) is 39.5 Å². The Labute approximate surface area is 159 Å². The second-order valence-electron chi connectivity index (χ2n) is 6.15. The Morgan fingerprint density at radius 1 is 0.704 bits per heavy atom. The van der Waals surface area contributed by atoms with Crippen LogP contribution in [0.25, 0.3) is 0 Å². The van der Waals surface area contributed by atoms with Gasteiger partial charge in [-0.3, -0.25) is 9.59 Å². The molecule has 0 aromatic heterocycles. The van der Waals surface area contributed by atoms with Crippen LogP contribution in [-0.4, -0.2) is 20.2 Å². The highest BCUT2D eigenvalue weighted by Crippen LogP contribution is 2.24. The van der Waals surface area contributed by atoms with Gasteiger partial charge >= 0.3 is 0 Å². The number of amides is 2. The van der Waals surface area contributed by atoms with E-state index in [-0.39, 0.29) is 21.6 Å². The SMILES string of the molecule is CCCC(=O)Nc1ccc(S(=O)(=O)c2ccc(NC(=O)CCC)cc2)cc1. The predicted molar refractivity (Wildman–Crippen MR) is 105 cm³/mol. The summed E-state index contributed by atoms with van der Waals surface area (Å²) in [6, 6.07) is 12.1. The molecule has 0 radical (unpaired) electrons. The highest BCUT2D eigenvalue weighted by molar-refractivity contribution is 7.91. The molecule has 6 nitrogen and oxygen atoms in total. The summed E-state index contributed by atoms with van der Waals surface area (Å²) in [5.41, 5.74) is 1.11. The number of anilines is 2. The largest absolute Gasteiger partial charge is 0.326 e. The molecule has 0 heterocycles. The maximum absolute atomic E-state index is 12.7. The van der Waals surface area contributed by atoms with Crippen LogP contribution in [0.5, 0.6) is 0 Å². The molecule has 0 aliphatic heterocycles. The third kappa shape index (κ3) is 5.65. The Morgan fingerprint density at radius 2 is 1.04 bits per heavy atom. The average molecular weight is 388 g/mol. The molecule has 27 heavy (non-hydrogen) atoms. The van der Waals surface area contributed by atoms with Gasteiger partial charge in [0.1, 0.15) is 0 Å². The maximum atomic E-state index is 12.7. The standard InChI is InChI=1S/C20H24N2O4S/c1-3-5-19(23)21-15-7-11-17(12-8-15)27(25,26)18-13-9-16(10-14-18)22-20(24)6-4-2/h7-14H,3-6H2,1-2H3,(H,21,23)(H,22,24). The summed E-state index contributed by atoms with van der Waals surface area (Å²) >= 11 is 0. The number of sulfone groups is 1. The van der Waals surface area contributed by atoms with E-state index in [0.29, 0.717) is 24.2 Å². The van der Waals surface area contributed by atoms with Crippen molar-refractivity contribution in [2.45, 2.75) is 49.3 Å². The fraction of sp³-hybridized carbons (Fsp3) is 0.300. The van der Waals surface area contributed by atoms with E-state index in [4.69, 9.17) is 0 Å². The van der Waals surface area contributed by atoms with Crippen LogP contribution in [0.2, 0.25) is 0 Å². The second-order valence-corrected chi connectivity index (χ2v) is 8.10. The van der Waals surface area contributed by atoms with E-state index < -0.39 is 9.84 Å². The second kappa shape index (κ2) is 9.32. The highest BCUT2D eigenvalue weighted by atomic mass is 32.2. The molecule has 0 saturated heterocycles. The third-order valence-electron chi connectivity index (χ3n) is 3.85. The minimum absolute atomic E-state index is 0.103. The van der Waals surface area contributed by atoms with Crippen LogP contribution in [0.15, 0.2) is 58.3 Å². The number of hydrogen-bond acceptors (Lipinski definition) is 4. The van der Waals surface area contributed by atoms with Crippen LogP contribution in [0.3, 0.4) is 0 Å². The van der Waals surface area contributed by atoms with Gasteiger partial charge in [0, 0.05) is 24.2 Å². The third-order valence-corrected chi connectivity index (χ3v) is 5.64. The molecular weight excluding hydrogens is 364 g/mol. The van der Waals surface area contributed by atoms with Crippen molar-refractivity contribution in [1.29, 1.82) is 0 Å². The zero-order valence-corrected chi connectivity index (χ0v) is 16.3. The molecule has 0 aliphatic rings. The molecule has 2 rings (SSSR count). The van der Waals surface area contributed by atoms with Gasteiger partial charge in [-0.25, -0.2) is 8.42 Å². The number of rotatable bonds is 8. The topological polar surface area (TPSA) is 92.3 Å². The molecule has 2 amide bonds. The summed E-state index contributed by atoms with van der Waals surface area (Å²) in [5.74, 6) is -0.206. The lowest BCUT2D eigenvalue weighted by Gasteiger charge is -2.09. The highest BCUT2D eigenvalue weighted by Gasteiger charge is 2.17. The predicted octanol–water partition coefficient (Wildman–Crippen LogP) is 4.00. The van der Waals surface area contributed by atoms with Gasteiger partial charge in [-0.2, -0.15) is 0 Å². The molecule has 0 fully saturated rings. The first-order valence-electron chi connectivity index (χ1n) is 8.91. The Kier molecular flexibility index (Phi) is 7.12. The molecule has 7 heteroatoms. The Morgan fingerprint density at radius 3 is 1.33 bits per heavy atom. The first-order valence-corrected chi connectivity index (χ1v) is 10.4. The van der Waals surface area contributed by atoms with Gasteiger partial charge in [0.2, 0.25) is 21.7 Å². The molecule has 0 atom stereocenters. The van der Waals surface area contributed by atoms with Crippen molar-refractivity contribution in [3.8, 4) is 0 Å². The molecule has 144 valence electrons. The molecule has 2 aromatic rings. The van der Waals surface area contributed by atoms with Gasteiger partial charge in [-0.15, -0.1) is 0 Å². The molecule has 0 aliphatic carbocycles. The zero-order valence-electron chi connectivity index (χ0n) is 15.5. The first kappa shape index (κ1) is 20.6. The Bertz CT molecular complexity index is 819. The van der Waals surface area contributed by atoms with E-state index in [1.54, 1.807) is 24.3 Å². The molecule has 0 saturated carbocycles. The molecule has 0 unspecified atom stereocenters.